The molecule has 2 nitrogen and oxygen atoms in total. The maximum atomic E-state index is 12.7. The van der Waals surface area contributed by atoms with Gasteiger partial charge in [-0.2, -0.15) is 0 Å². The van der Waals surface area contributed by atoms with Gasteiger partial charge in [0.2, 0.25) is 0 Å². The number of carbonyl (C=O) groups excluding carboxylic acids is 1. The molecule has 2 aromatic rings. The molecule has 0 aliphatic carbocycles. The Balaban J connectivity index is 2.33. The third-order valence-electron chi connectivity index (χ3n) is 3.29. The van der Waals surface area contributed by atoms with Crippen molar-refractivity contribution in [1.29, 1.82) is 0 Å². The molecule has 0 spiro atoms. The summed E-state index contributed by atoms with van der Waals surface area (Å²) in [5.74, 6) is -0.117. The molecule has 0 aliphatic rings. The molecule has 1 atom stereocenters. The van der Waals surface area contributed by atoms with E-state index in [2.05, 4.69) is 26.2 Å². The van der Waals surface area contributed by atoms with Gasteiger partial charge in [-0.3, -0.25) is 4.79 Å². The topological polar surface area (TPSA) is 26.3 Å². The molecule has 2 aromatic carbocycles. The maximum Gasteiger partial charge on any atom is 0.191 e. The molecule has 0 fully saturated rings. The third kappa shape index (κ3) is 4.89. The zero-order valence-electron chi connectivity index (χ0n) is 13.7. The van der Waals surface area contributed by atoms with Crippen molar-refractivity contribution < 1.29 is 9.22 Å². The van der Waals surface area contributed by atoms with Gasteiger partial charge in [0.15, 0.2) is 14.1 Å². The molecule has 0 aromatic heterocycles. The molecule has 0 radical (unpaired) electrons. The molecule has 4 heteroatoms. The fraction of sp³-hybridized carbons (Fsp3) is 0.211. The zero-order valence-corrected chi connectivity index (χ0v) is 15.4. The molecular weight excluding hydrogens is 324 g/mol. The lowest BCUT2D eigenvalue weighted by Crippen LogP contribution is -2.30. The van der Waals surface area contributed by atoms with Gasteiger partial charge in [0.05, 0.1) is 6.10 Å². The minimum absolute atomic E-state index is 0.117. The Morgan fingerprint density at radius 2 is 1.61 bits per heavy atom. The van der Waals surface area contributed by atoms with Gasteiger partial charge in [0.1, 0.15) is 0 Å². The van der Waals surface area contributed by atoms with Crippen LogP contribution in [0, 0.1) is 0 Å². The minimum Gasteiger partial charge on any atom is -0.407 e. The first-order valence-electron chi connectivity index (χ1n) is 7.50. The summed E-state index contributed by atoms with van der Waals surface area (Å²) in [4.78, 5) is 12.7. The Bertz CT molecular complexity index is 688. The molecule has 0 bridgehead atoms. The van der Waals surface area contributed by atoms with E-state index in [9.17, 15) is 4.79 Å². The lowest BCUT2D eigenvalue weighted by Gasteiger charge is -2.28. The molecule has 1 unspecified atom stereocenters. The summed E-state index contributed by atoms with van der Waals surface area (Å²) in [6.45, 7) is 10.3. The van der Waals surface area contributed by atoms with Crippen LogP contribution >= 0.6 is 11.6 Å². The molecular formula is C19H21ClO2Si. The lowest BCUT2D eigenvalue weighted by molar-refractivity contribution is 0.0995. The zero-order chi connectivity index (χ0) is 17.0. The highest BCUT2D eigenvalue weighted by molar-refractivity contribution is 6.69. The van der Waals surface area contributed by atoms with Crippen LogP contribution in [0.4, 0.5) is 0 Å². The lowest BCUT2D eigenvalue weighted by atomic mass is 9.96. The highest BCUT2D eigenvalue weighted by atomic mass is 35.5. The van der Waals surface area contributed by atoms with E-state index < -0.39 is 14.4 Å². The largest absolute Gasteiger partial charge is 0.407 e. The minimum atomic E-state index is -1.86. The number of hydrogen-bond donors (Lipinski definition) is 0. The highest BCUT2D eigenvalue weighted by Gasteiger charge is 2.28. The van der Waals surface area contributed by atoms with Crippen molar-refractivity contribution in [3.8, 4) is 0 Å². The summed E-state index contributed by atoms with van der Waals surface area (Å²) in [6.07, 6.45) is -0.425. The average Bonchev–Trinajstić information content (AvgIpc) is 2.52. The Hall–Kier alpha value is -1.68. The molecule has 0 amide bonds. The number of Topliss-reactive ketones (excluding diaryl/α,β-unsaturated/α-hetero) is 1. The first-order valence-corrected chi connectivity index (χ1v) is 11.3. The van der Waals surface area contributed by atoms with Gasteiger partial charge in [-0.05, 0) is 49.5 Å². The first kappa shape index (κ1) is 17.7. The van der Waals surface area contributed by atoms with Gasteiger partial charge < -0.3 is 4.43 Å². The molecule has 0 N–H and O–H groups in total. The van der Waals surface area contributed by atoms with Crippen LogP contribution in [0.2, 0.25) is 24.7 Å². The standard InChI is InChI=1S/C19H21ClO2Si/c1-14(18(21)15-10-12-17(20)13-11-15)19(22-23(2,3)4)16-8-6-5-7-9-16/h5-13,19H,1H2,2-4H3. The Labute approximate surface area is 143 Å². The van der Waals surface area contributed by atoms with E-state index in [1.165, 1.54) is 0 Å². The number of hydrogen-bond acceptors (Lipinski definition) is 2. The second kappa shape index (κ2) is 7.26. The van der Waals surface area contributed by atoms with Crippen LogP contribution in [-0.2, 0) is 4.43 Å². The van der Waals surface area contributed by atoms with Crippen LogP contribution in [-0.4, -0.2) is 14.1 Å². The van der Waals surface area contributed by atoms with Crippen LogP contribution in [0.15, 0.2) is 66.7 Å². The van der Waals surface area contributed by atoms with Crippen molar-refractivity contribution in [2.45, 2.75) is 25.7 Å². The molecule has 120 valence electrons. The summed E-state index contributed by atoms with van der Waals surface area (Å²) < 4.78 is 6.24. The van der Waals surface area contributed by atoms with Gasteiger partial charge in [-0.15, -0.1) is 0 Å². The summed E-state index contributed by atoms with van der Waals surface area (Å²) in [5.41, 5.74) is 1.96. The molecule has 0 saturated carbocycles. The molecule has 0 heterocycles. The first-order chi connectivity index (χ1) is 10.8. The second-order valence-electron chi connectivity index (χ2n) is 6.38. The van der Waals surface area contributed by atoms with Crippen LogP contribution in [0.3, 0.4) is 0 Å². The van der Waals surface area contributed by atoms with E-state index >= 15 is 0 Å². The smallest absolute Gasteiger partial charge is 0.191 e. The number of rotatable bonds is 6. The third-order valence-corrected chi connectivity index (χ3v) is 4.48. The van der Waals surface area contributed by atoms with E-state index in [0.717, 1.165) is 5.56 Å². The van der Waals surface area contributed by atoms with Crippen molar-refractivity contribution in [2.75, 3.05) is 0 Å². The fourth-order valence-corrected chi connectivity index (χ4v) is 3.34. The predicted octanol–water partition coefficient (Wildman–Crippen LogP) is 5.67. The van der Waals surface area contributed by atoms with Gasteiger partial charge in [-0.25, -0.2) is 0 Å². The SMILES string of the molecule is C=C(C(=O)c1ccc(Cl)cc1)C(O[Si](C)(C)C)c1ccccc1. The van der Waals surface area contributed by atoms with Crippen molar-refractivity contribution in [1.82, 2.24) is 0 Å². The van der Waals surface area contributed by atoms with E-state index in [0.29, 0.717) is 16.2 Å². The van der Waals surface area contributed by atoms with Gasteiger partial charge in [0, 0.05) is 16.2 Å². The Kier molecular flexibility index (Phi) is 5.58. The summed E-state index contributed by atoms with van der Waals surface area (Å²) in [7, 11) is -1.86. The van der Waals surface area contributed by atoms with Crippen LogP contribution in [0.1, 0.15) is 22.0 Å². The Morgan fingerprint density at radius 3 is 2.13 bits per heavy atom. The van der Waals surface area contributed by atoms with Gasteiger partial charge >= 0.3 is 0 Å². The second-order valence-corrected chi connectivity index (χ2v) is 11.3. The number of carbonyl (C=O) groups is 1. The summed E-state index contributed by atoms with van der Waals surface area (Å²) >= 11 is 5.89. The van der Waals surface area contributed by atoms with E-state index in [-0.39, 0.29) is 5.78 Å². The monoisotopic (exact) mass is 344 g/mol. The fourth-order valence-electron chi connectivity index (χ4n) is 2.23. The van der Waals surface area contributed by atoms with Crippen molar-refractivity contribution in [3.05, 3.63) is 82.9 Å². The van der Waals surface area contributed by atoms with Crippen LogP contribution in [0.5, 0.6) is 0 Å². The van der Waals surface area contributed by atoms with Gasteiger partial charge in [0.25, 0.3) is 0 Å². The van der Waals surface area contributed by atoms with Crippen LogP contribution in [0.25, 0.3) is 0 Å². The van der Waals surface area contributed by atoms with E-state index in [4.69, 9.17) is 16.0 Å². The normalized spacial score (nSPS) is 12.7. The van der Waals surface area contributed by atoms with E-state index in [1.807, 2.05) is 30.3 Å². The summed E-state index contributed by atoms with van der Waals surface area (Å²) in [5, 5.41) is 0.602. The number of ketones is 1. The Morgan fingerprint density at radius 1 is 1.04 bits per heavy atom. The van der Waals surface area contributed by atoms with Gasteiger partial charge in [-0.1, -0.05) is 48.5 Å². The highest BCUT2D eigenvalue weighted by Crippen LogP contribution is 2.30. The predicted molar refractivity (Wildman–Crippen MR) is 98.5 cm³/mol. The maximum absolute atomic E-state index is 12.7. The molecule has 0 aliphatic heterocycles. The van der Waals surface area contributed by atoms with Crippen molar-refractivity contribution in [2.24, 2.45) is 0 Å². The molecule has 23 heavy (non-hydrogen) atoms. The number of benzene rings is 2. The quantitative estimate of drug-likeness (QED) is 0.383. The van der Waals surface area contributed by atoms with Crippen LogP contribution < -0.4 is 0 Å². The van der Waals surface area contributed by atoms with E-state index in [1.54, 1.807) is 24.3 Å². The van der Waals surface area contributed by atoms with Crippen molar-refractivity contribution >= 4 is 25.7 Å². The number of halogens is 1. The van der Waals surface area contributed by atoms with Crippen molar-refractivity contribution in [3.63, 3.8) is 0 Å². The molecule has 2 rings (SSSR count). The summed E-state index contributed by atoms with van der Waals surface area (Å²) in [6, 6.07) is 16.6. The average molecular weight is 345 g/mol. The molecule has 0 saturated heterocycles.